The molecule has 136 valence electrons. The third kappa shape index (κ3) is 3.42. The minimum atomic E-state index is -0.484. The molecule has 27 heavy (non-hydrogen) atoms. The van der Waals surface area contributed by atoms with Gasteiger partial charge in [-0.05, 0) is 54.1 Å². The largest absolute Gasteiger partial charge is 0.497 e. The van der Waals surface area contributed by atoms with Gasteiger partial charge in [-0.1, -0.05) is 0 Å². The van der Waals surface area contributed by atoms with Gasteiger partial charge in [-0.15, -0.1) is 0 Å². The van der Waals surface area contributed by atoms with Crippen LogP contribution in [0.25, 0.3) is 6.08 Å². The topological polar surface area (TPSA) is 66.3 Å². The fourth-order valence-electron chi connectivity index (χ4n) is 2.81. The maximum absolute atomic E-state index is 12.2. The zero-order chi connectivity index (χ0) is 18.8. The molecule has 0 fully saturated rings. The van der Waals surface area contributed by atoms with Crippen molar-refractivity contribution in [3.05, 3.63) is 70.9 Å². The number of aliphatic imine (C=N–C) groups is 1. The van der Waals surface area contributed by atoms with Crippen molar-refractivity contribution >= 4 is 17.9 Å². The fraction of sp³-hybridized carbons (Fsp3) is 0.143. The minimum Gasteiger partial charge on any atom is -0.497 e. The van der Waals surface area contributed by atoms with Crippen LogP contribution in [0.4, 0.5) is 0 Å². The molecule has 6 heteroatoms. The van der Waals surface area contributed by atoms with Crippen LogP contribution >= 0.6 is 0 Å². The molecule has 2 aromatic carbocycles. The Kier molecular flexibility index (Phi) is 4.38. The summed E-state index contributed by atoms with van der Waals surface area (Å²) in [5.74, 6) is 1.99. The van der Waals surface area contributed by atoms with Gasteiger partial charge in [-0.25, -0.2) is 9.79 Å². The van der Waals surface area contributed by atoms with Gasteiger partial charge in [0.05, 0.1) is 14.2 Å². The highest BCUT2D eigenvalue weighted by Crippen LogP contribution is 2.31. The molecule has 0 saturated heterocycles. The zero-order valence-electron chi connectivity index (χ0n) is 14.9. The summed E-state index contributed by atoms with van der Waals surface area (Å²) in [6.45, 7) is 0.338. The molecule has 0 bridgehead atoms. The maximum Gasteiger partial charge on any atom is 0.363 e. The molecule has 0 unspecified atom stereocenters. The van der Waals surface area contributed by atoms with E-state index in [1.54, 1.807) is 44.6 Å². The van der Waals surface area contributed by atoms with E-state index in [-0.39, 0.29) is 11.6 Å². The molecule has 4 rings (SSSR count). The third-order valence-electron chi connectivity index (χ3n) is 4.24. The highest BCUT2D eigenvalue weighted by Gasteiger charge is 2.25. The molecule has 0 saturated carbocycles. The van der Waals surface area contributed by atoms with Gasteiger partial charge in [0, 0.05) is 17.2 Å². The van der Waals surface area contributed by atoms with Gasteiger partial charge in [-0.3, -0.25) is 0 Å². The normalized spacial score (nSPS) is 16.8. The maximum atomic E-state index is 12.2. The van der Waals surface area contributed by atoms with E-state index in [1.165, 1.54) is 0 Å². The first-order valence-electron chi connectivity index (χ1n) is 8.34. The van der Waals surface area contributed by atoms with Gasteiger partial charge in [-0.2, -0.15) is 0 Å². The summed E-state index contributed by atoms with van der Waals surface area (Å²) < 4.78 is 21.4. The van der Waals surface area contributed by atoms with Crippen LogP contribution < -0.4 is 14.2 Å². The number of hydrogen-bond donors (Lipinski definition) is 0. The molecular formula is C21H17NO5. The van der Waals surface area contributed by atoms with Gasteiger partial charge in [0.1, 0.15) is 23.9 Å². The highest BCUT2D eigenvalue weighted by molar-refractivity contribution is 6.11. The summed E-state index contributed by atoms with van der Waals surface area (Å²) >= 11 is 0. The molecule has 0 amide bonds. The molecule has 2 heterocycles. The summed E-state index contributed by atoms with van der Waals surface area (Å²) in [7, 11) is 3.21. The number of carbonyl (C=O) groups is 1. The molecule has 0 aliphatic carbocycles. The minimum absolute atomic E-state index is 0.243. The van der Waals surface area contributed by atoms with Crippen LogP contribution in [0.15, 0.2) is 64.8 Å². The molecular weight excluding hydrogens is 346 g/mol. The third-order valence-corrected chi connectivity index (χ3v) is 4.24. The Labute approximate surface area is 156 Å². The Morgan fingerprint density at radius 3 is 2.52 bits per heavy atom. The molecule has 0 spiro atoms. The standard InChI is InChI=1S/C21H17NO5/c1-24-16-6-3-14(4-7-16)20-22-18(21(23)27-20)10-13-9-15-5-8-17(25-2)11-19(15)26-12-13/h3-11H,12H2,1-2H3/b18-10-. The molecule has 2 aliphatic heterocycles. The Bertz CT molecular complexity index is 986. The highest BCUT2D eigenvalue weighted by atomic mass is 16.6. The first-order chi connectivity index (χ1) is 13.2. The van der Waals surface area contributed by atoms with Crippen LogP contribution in [-0.4, -0.2) is 32.7 Å². The van der Waals surface area contributed by atoms with Crippen molar-refractivity contribution in [1.82, 2.24) is 0 Å². The summed E-state index contributed by atoms with van der Waals surface area (Å²) in [5, 5.41) is 0. The van der Waals surface area contributed by atoms with Crippen molar-refractivity contribution in [2.24, 2.45) is 4.99 Å². The van der Waals surface area contributed by atoms with Crippen LogP contribution in [0.2, 0.25) is 0 Å². The Morgan fingerprint density at radius 2 is 1.78 bits per heavy atom. The second-order valence-corrected chi connectivity index (χ2v) is 5.98. The lowest BCUT2D eigenvalue weighted by Gasteiger charge is -2.16. The molecule has 0 N–H and O–H groups in total. The van der Waals surface area contributed by atoms with E-state index in [9.17, 15) is 4.79 Å². The first kappa shape index (κ1) is 16.9. The lowest BCUT2D eigenvalue weighted by Crippen LogP contribution is -2.08. The number of fused-ring (bicyclic) bond motifs is 1. The van der Waals surface area contributed by atoms with Crippen LogP contribution in [0.1, 0.15) is 11.1 Å². The molecule has 2 aromatic rings. The predicted molar refractivity (Wildman–Crippen MR) is 100 cm³/mol. The van der Waals surface area contributed by atoms with E-state index >= 15 is 0 Å². The average Bonchev–Trinajstić information content (AvgIpc) is 3.08. The van der Waals surface area contributed by atoms with E-state index in [2.05, 4.69) is 4.99 Å². The summed E-state index contributed by atoms with van der Waals surface area (Å²) in [6.07, 6.45) is 3.64. The van der Waals surface area contributed by atoms with E-state index < -0.39 is 5.97 Å². The number of benzene rings is 2. The van der Waals surface area contributed by atoms with E-state index in [1.807, 2.05) is 24.3 Å². The van der Waals surface area contributed by atoms with Gasteiger partial charge >= 0.3 is 5.97 Å². The van der Waals surface area contributed by atoms with Crippen LogP contribution in [0, 0.1) is 0 Å². The second-order valence-electron chi connectivity index (χ2n) is 5.98. The number of carbonyl (C=O) groups excluding carboxylic acids is 1. The van der Waals surface area contributed by atoms with Crippen molar-refractivity contribution in [3.8, 4) is 17.2 Å². The van der Waals surface area contributed by atoms with Crippen LogP contribution in [0.5, 0.6) is 17.2 Å². The van der Waals surface area contributed by atoms with Crippen molar-refractivity contribution in [2.45, 2.75) is 0 Å². The first-order valence-corrected chi connectivity index (χ1v) is 8.34. The number of hydrogen-bond acceptors (Lipinski definition) is 6. The number of methoxy groups -OCH3 is 2. The molecule has 6 nitrogen and oxygen atoms in total. The number of rotatable bonds is 4. The predicted octanol–water partition coefficient (Wildman–Crippen LogP) is 3.37. The van der Waals surface area contributed by atoms with Gasteiger partial charge in [0.25, 0.3) is 0 Å². The summed E-state index contributed by atoms with van der Waals surface area (Å²) in [6, 6.07) is 12.8. The summed E-state index contributed by atoms with van der Waals surface area (Å²) in [5.41, 5.74) is 2.70. The van der Waals surface area contributed by atoms with Crippen molar-refractivity contribution in [3.63, 3.8) is 0 Å². The smallest absolute Gasteiger partial charge is 0.363 e. The van der Waals surface area contributed by atoms with Crippen LogP contribution in [0.3, 0.4) is 0 Å². The average molecular weight is 363 g/mol. The van der Waals surface area contributed by atoms with E-state index in [0.717, 1.165) is 28.4 Å². The second kappa shape index (κ2) is 6.99. The molecule has 0 aromatic heterocycles. The molecule has 0 radical (unpaired) electrons. The SMILES string of the molecule is COc1ccc(C2=N/C(=C\C3=Cc4ccc(OC)cc4OC3)C(=O)O2)cc1. The van der Waals surface area contributed by atoms with Crippen molar-refractivity contribution in [1.29, 1.82) is 0 Å². The number of nitrogens with zero attached hydrogens (tertiary/aromatic N) is 1. The molecule has 0 atom stereocenters. The van der Waals surface area contributed by atoms with Gasteiger partial charge in [0.2, 0.25) is 5.90 Å². The number of cyclic esters (lactones) is 1. The van der Waals surface area contributed by atoms with Crippen LogP contribution in [-0.2, 0) is 9.53 Å². The van der Waals surface area contributed by atoms with E-state index in [0.29, 0.717) is 12.2 Å². The van der Waals surface area contributed by atoms with Crippen molar-refractivity contribution in [2.75, 3.05) is 20.8 Å². The quantitative estimate of drug-likeness (QED) is 0.615. The zero-order valence-corrected chi connectivity index (χ0v) is 14.9. The Balaban J connectivity index is 1.60. The lowest BCUT2D eigenvalue weighted by molar-refractivity contribution is -0.130. The molecule has 2 aliphatic rings. The summed E-state index contributed by atoms with van der Waals surface area (Å²) in [4.78, 5) is 16.5. The van der Waals surface area contributed by atoms with Gasteiger partial charge < -0.3 is 18.9 Å². The lowest BCUT2D eigenvalue weighted by atomic mass is 10.1. The number of esters is 1. The Morgan fingerprint density at radius 1 is 1.04 bits per heavy atom. The van der Waals surface area contributed by atoms with Crippen molar-refractivity contribution < 1.29 is 23.7 Å². The fourth-order valence-corrected chi connectivity index (χ4v) is 2.81. The van der Waals surface area contributed by atoms with E-state index in [4.69, 9.17) is 18.9 Å². The monoisotopic (exact) mass is 363 g/mol. The Hall–Kier alpha value is -3.54. The number of ether oxygens (including phenoxy) is 4. The van der Waals surface area contributed by atoms with Gasteiger partial charge in [0.15, 0.2) is 5.70 Å².